The first-order chi connectivity index (χ1) is 12.2. The van der Waals surface area contributed by atoms with Crippen molar-refractivity contribution < 1.29 is 14.3 Å². The van der Waals surface area contributed by atoms with Crippen molar-refractivity contribution in [3.05, 3.63) is 28.6 Å². The second kappa shape index (κ2) is 9.81. The minimum Gasteiger partial charge on any atom is -0.451 e. The summed E-state index contributed by atoms with van der Waals surface area (Å²) in [5.74, 6) is -0.555. The van der Waals surface area contributed by atoms with Gasteiger partial charge >= 0.3 is 5.97 Å². The molecule has 0 aliphatic heterocycles. The van der Waals surface area contributed by atoms with Gasteiger partial charge < -0.3 is 14.2 Å². The van der Waals surface area contributed by atoms with Gasteiger partial charge in [0.05, 0.1) is 0 Å². The highest BCUT2D eigenvalue weighted by molar-refractivity contribution is 5.99. The monoisotopic (exact) mass is 359 g/mol. The summed E-state index contributed by atoms with van der Waals surface area (Å²) < 4.78 is 7.19. The molecule has 0 N–H and O–H groups in total. The van der Waals surface area contributed by atoms with Crippen LogP contribution in [-0.2, 0) is 20.9 Å². The molecule has 1 aromatic heterocycles. The number of likely N-dealkylation sites (N-methyl/N-ethyl adjacent to an activating group) is 1. The van der Waals surface area contributed by atoms with Crippen LogP contribution in [0.15, 0.2) is 11.6 Å². The number of hydrogen-bond acceptors (Lipinski definition) is 4. The lowest BCUT2D eigenvalue weighted by atomic mass is 10.1. The fourth-order valence-corrected chi connectivity index (χ4v) is 2.78. The van der Waals surface area contributed by atoms with Gasteiger partial charge in [0, 0.05) is 31.0 Å². The molecule has 0 saturated heterocycles. The highest BCUT2D eigenvalue weighted by atomic mass is 16.5. The first-order valence-electron chi connectivity index (χ1n) is 8.98. The van der Waals surface area contributed by atoms with Crippen LogP contribution in [0.2, 0.25) is 0 Å². The largest absolute Gasteiger partial charge is 0.451 e. The summed E-state index contributed by atoms with van der Waals surface area (Å²) in [6, 6.07) is 3.83. The molecule has 6 heteroatoms. The molecule has 0 radical (unpaired) electrons. The molecule has 0 bridgehead atoms. The minimum atomic E-state index is -0.776. The highest BCUT2D eigenvalue weighted by Crippen LogP contribution is 2.20. The molecule has 0 unspecified atom stereocenters. The first-order valence-corrected chi connectivity index (χ1v) is 8.98. The molecule has 1 heterocycles. The zero-order valence-electron chi connectivity index (χ0n) is 16.6. The molecule has 0 aliphatic carbocycles. The van der Waals surface area contributed by atoms with E-state index in [1.54, 1.807) is 4.90 Å². The molecule has 1 amide bonds. The summed E-state index contributed by atoms with van der Waals surface area (Å²) >= 11 is 0. The summed E-state index contributed by atoms with van der Waals surface area (Å²) in [5, 5.41) is 9.32. The highest BCUT2D eigenvalue weighted by Gasteiger charge is 2.17. The number of ether oxygens (including phenoxy) is 1. The molecule has 1 rings (SSSR count). The molecule has 142 valence electrons. The Kier molecular flexibility index (Phi) is 8.11. The van der Waals surface area contributed by atoms with Gasteiger partial charge in [-0.2, -0.15) is 5.26 Å². The Balaban J connectivity index is 2.93. The third kappa shape index (κ3) is 5.48. The molecule has 0 aliphatic rings. The fraction of sp³-hybridized carbons (Fsp3) is 0.550. The van der Waals surface area contributed by atoms with Crippen LogP contribution in [0.4, 0.5) is 0 Å². The maximum Gasteiger partial charge on any atom is 0.349 e. The van der Waals surface area contributed by atoms with Crippen LogP contribution in [0.25, 0.3) is 6.08 Å². The van der Waals surface area contributed by atoms with E-state index in [0.29, 0.717) is 19.0 Å². The lowest BCUT2D eigenvalue weighted by Crippen LogP contribution is -2.34. The molecular formula is C20H29N3O3. The van der Waals surface area contributed by atoms with E-state index in [-0.39, 0.29) is 18.1 Å². The van der Waals surface area contributed by atoms with Crippen LogP contribution in [0.3, 0.4) is 0 Å². The van der Waals surface area contributed by atoms with Crippen molar-refractivity contribution in [2.24, 2.45) is 5.92 Å². The van der Waals surface area contributed by atoms with Gasteiger partial charge in [-0.3, -0.25) is 4.79 Å². The molecule has 0 atom stereocenters. The Morgan fingerprint density at radius 1 is 1.31 bits per heavy atom. The number of rotatable bonds is 8. The van der Waals surface area contributed by atoms with Crippen molar-refractivity contribution in [1.82, 2.24) is 9.47 Å². The van der Waals surface area contributed by atoms with Crippen LogP contribution in [-0.4, -0.2) is 41.0 Å². The van der Waals surface area contributed by atoms with Crippen molar-refractivity contribution in [1.29, 1.82) is 5.26 Å². The molecule has 0 fully saturated rings. The zero-order chi connectivity index (χ0) is 19.9. The van der Waals surface area contributed by atoms with Gasteiger partial charge in [0.15, 0.2) is 6.61 Å². The molecule has 0 aromatic carbocycles. The van der Waals surface area contributed by atoms with Crippen molar-refractivity contribution >= 4 is 18.0 Å². The predicted molar refractivity (Wildman–Crippen MR) is 101 cm³/mol. The summed E-state index contributed by atoms with van der Waals surface area (Å²) in [4.78, 5) is 25.7. The van der Waals surface area contributed by atoms with Gasteiger partial charge in [-0.15, -0.1) is 0 Å². The summed E-state index contributed by atoms with van der Waals surface area (Å²) in [6.45, 7) is 13.6. The minimum absolute atomic E-state index is 0.109. The number of nitrogens with zero attached hydrogens (tertiary/aromatic N) is 3. The number of esters is 1. The molecule has 1 aromatic rings. The van der Waals surface area contributed by atoms with Gasteiger partial charge in [-0.1, -0.05) is 13.8 Å². The van der Waals surface area contributed by atoms with E-state index in [2.05, 4.69) is 18.4 Å². The van der Waals surface area contributed by atoms with Gasteiger partial charge in [0.2, 0.25) is 0 Å². The normalized spacial score (nSPS) is 11.4. The van der Waals surface area contributed by atoms with Crippen molar-refractivity contribution in [3.8, 4) is 6.07 Å². The molecule has 0 saturated carbocycles. The van der Waals surface area contributed by atoms with Crippen molar-refractivity contribution in [3.63, 3.8) is 0 Å². The fourth-order valence-electron chi connectivity index (χ4n) is 2.78. The molecule has 26 heavy (non-hydrogen) atoms. The van der Waals surface area contributed by atoms with Gasteiger partial charge in [0.1, 0.15) is 11.6 Å². The average molecular weight is 359 g/mol. The lowest BCUT2D eigenvalue weighted by Gasteiger charge is -2.18. The summed E-state index contributed by atoms with van der Waals surface area (Å²) in [6.07, 6.45) is 1.53. The average Bonchev–Trinajstić information content (AvgIpc) is 2.85. The number of nitriles is 1. The predicted octanol–water partition coefficient (Wildman–Crippen LogP) is 3.08. The molecular weight excluding hydrogens is 330 g/mol. The number of carbonyl (C=O) groups is 2. The Morgan fingerprint density at radius 2 is 1.92 bits per heavy atom. The van der Waals surface area contributed by atoms with Crippen LogP contribution < -0.4 is 0 Å². The first kappa shape index (κ1) is 21.5. The van der Waals surface area contributed by atoms with Crippen LogP contribution in [0.1, 0.15) is 44.6 Å². The Morgan fingerprint density at radius 3 is 2.42 bits per heavy atom. The van der Waals surface area contributed by atoms with E-state index in [1.807, 2.05) is 39.8 Å². The van der Waals surface area contributed by atoms with E-state index >= 15 is 0 Å². The van der Waals surface area contributed by atoms with Crippen LogP contribution in [0, 0.1) is 31.1 Å². The van der Waals surface area contributed by atoms with E-state index in [1.165, 1.54) is 6.08 Å². The number of amides is 1. The van der Waals surface area contributed by atoms with Crippen molar-refractivity contribution in [2.75, 3.05) is 19.7 Å². The lowest BCUT2D eigenvalue weighted by molar-refractivity contribution is -0.148. The number of carbonyl (C=O) groups excluding carboxylic acids is 2. The molecule has 0 spiro atoms. The maximum absolute atomic E-state index is 12.2. The SMILES string of the molecule is CCN(CC)C(=O)COC(=O)/C(C#N)=C/c1cc(C)n(CC(C)C)c1C. The zero-order valence-corrected chi connectivity index (χ0v) is 16.6. The number of aromatic nitrogens is 1. The Bertz CT molecular complexity index is 719. The van der Waals surface area contributed by atoms with Crippen LogP contribution in [0.5, 0.6) is 0 Å². The second-order valence-corrected chi connectivity index (χ2v) is 6.64. The van der Waals surface area contributed by atoms with Gasteiger partial charge in [0.25, 0.3) is 5.91 Å². The Hall–Kier alpha value is -2.55. The molecule has 6 nitrogen and oxygen atoms in total. The smallest absolute Gasteiger partial charge is 0.349 e. The van der Waals surface area contributed by atoms with Crippen LogP contribution >= 0.6 is 0 Å². The standard InChI is InChI=1S/C20H29N3O3/c1-7-22(8-2)19(24)13-26-20(25)18(11-21)10-17-9-15(5)23(16(17)6)12-14(3)4/h9-10,14H,7-8,12-13H2,1-6H3/b18-10+. The topological polar surface area (TPSA) is 75.3 Å². The maximum atomic E-state index is 12.2. The quantitative estimate of drug-likeness (QED) is 0.406. The van der Waals surface area contributed by atoms with Gasteiger partial charge in [-0.05, 0) is 51.3 Å². The van der Waals surface area contributed by atoms with E-state index in [0.717, 1.165) is 23.5 Å². The van der Waals surface area contributed by atoms with Crippen molar-refractivity contribution in [2.45, 2.75) is 48.1 Å². The van der Waals surface area contributed by atoms with E-state index in [9.17, 15) is 14.9 Å². The third-order valence-electron chi connectivity index (χ3n) is 4.24. The second-order valence-electron chi connectivity index (χ2n) is 6.64. The number of hydrogen-bond donors (Lipinski definition) is 0. The van der Waals surface area contributed by atoms with E-state index in [4.69, 9.17) is 4.74 Å². The Labute approximate surface area is 156 Å². The van der Waals surface area contributed by atoms with E-state index < -0.39 is 5.97 Å². The third-order valence-corrected chi connectivity index (χ3v) is 4.24. The summed E-state index contributed by atoms with van der Waals surface area (Å²) in [7, 11) is 0. The summed E-state index contributed by atoms with van der Waals surface area (Å²) in [5.41, 5.74) is 2.77. The number of aryl methyl sites for hydroxylation is 1. The van der Waals surface area contributed by atoms with Gasteiger partial charge in [-0.25, -0.2) is 4.79 Å².